The molecule has 20 heavy (non-hydrogen) atoms. The second kappa shape index (κ2) is 7.19. The van der Waals surface area contributed by atoms with Gasteiger partial charge in [0, 0.05) is 18.8 Å². The summed E-state index contributed by atoms with van der Waals surface area (Å²) < 4.78 is 4.62. The van der Waals surface area contributed by atoms with E-state index in [0.29, 0.717) is 18.3 Å². The van der Waals surface area contributed by atoms with Gasteiger partial charge in [0.15, 0.2) is 0 Å². The van der Waals surface area contributed by atoms with Gasteiger partial charge in [0.05, 0.1) is 7.11 Å². The number of aromatic nitrogens is 2. The summed E-state index contributed by atoms with van der Waals surface area (Å²) in [6.07, 6.45) is 7.79. The molecule has 1 atom stereocenters. The first-order chi connectivity index (χ1) is 9.74. The predicted molar refractivity (Wildman–Crippen MR) is 76.4 cm³/mol. The first-order valence-electron chi connectivity index (χ1n) is 7.12. The lowest BCUT2D eigenvalue weighted by Gasteiger charge is -2.30. The van der Waals surface area contributed by atoms with Crippen LogP contribution in [0, 0.1) is 5.92 Å². The quantitative estimate of drug-likeness (QED) is 0.795. The number of rotatable bonds is 5. The van der Waals surface area contributed by atoms with Gasteiger partial charge in [0.25, 0.3) is 0 Å². The minimum Gasteiger partial charge on any atom is -0.463 e. The van der Waals surface area contributed by atoms with E-state index in [1.165, 1.54) is 39.2 Å². The smallest absolute Gasteiger partial charge is 0.376 e. The molecule has 1 heterocycles. The highest BCUT2D eigenvalue weighted by Gasteiger charge is 2.23. The molecule has 0 saturated heterocycles. The number of nitrogens with two attached hydrogens (primary N) is 1. The van der Waals surface area contributed by atoms with E-state index in [9.17, 15) is 4.79 Å². The fourth-order valence-corrected chi connectivity index (χ4v) is 2.72. The van der Waals surface area contributed by atoms with Crippen molar-refractivity contribution < 1.29 is 9.53 Å². The van der Waals surface area contributed by atoms with Gasteiger partial charge in [-0.3, -0.25) is 0 Å². The highest BCUT2D eigenvalue weighted by atomic mass is 16.5. The molecule has 0 spiro atoms. The number of carbonyl (C=O) groups excluding carboxylic acids is 1. The van der Waals surface area contributed by atoms with E-state index in [1.807, 2.05) is 0 Å². The van der Waals surface area contributed by atoms with Crippen LogP contribution >= 0.6 is 0 Å². The van der Waals surface area contributed by atoms with Gasteiger partial charge >= 0.3 is 5.97 Å². The molecule has 1 fully saturated rings. The molecule has 1 unspecified atom stereocenters. The largest absolute Gasteiger partial charge is 0.463 e. The normalized spacial score (nSPS) is 17.5. The lowest BCUT2D eigenvalue weighted by molar-refractivity contribution is 0.0587. The molecule has 1 saturated carbocycles. The van der Waals surface area contributed by atoms with E-state index in [4.69, 9.17) is 5.73 Å². The van der Waals surface area contributed by atoms with Crippen LogP contribution in [0.5, 0.6) is 0 Å². The average Bonchev–Trinajstić information content (AvgIpc) is 2.53. The minimum absolute atomic E-state index is 0.0666. The maximum atomic E-state index is 11.4. The summed E-state index contributed by atoms with van der Waals surface area (Å²) in [5.74, 6) is 0.735. The molecule has 1 aromatic heterocycles. The second-order valence-corrected chi connectivity index (χ2v) is 5.14. The summed E-state index contributed by atoms with van der Waals surface area (Å²) in [6, 6.07) is 1.94. The fourth-order valence-electron chi connectivity index (χ4n) is 2.72. The monoisotopic (exact) mass is 278 g/mol. The lowest BCUT2D eigenvalue weighted by atomic mass is 9.84. The standard InChI is InChI=1S/C14H22N4O2/c1-20-14(19)13-16-8-7-12(18-13)17-11(9-15)10-5-3-2-4-6-10/h7-8,10-11H,2-6,9,15H2,1H3,(H,16,17,18). The van der Waals surface area contributed by atoms with Crippen LogP contribution in [0.2, 0.25) is 0 Å². The Balaban J connectivity index is 2.05. The number of nitrogens with one attached hydrogen (secondary N) is 1. The Morgan fingerprint density at radius 3 is 2.90 bits per heavy atom. The molecule has 0 aliphatic heterocycles. The molecule has 0 amide bonds. The molecule has 3 N–H and O–H groups in total. The summed E-state index contributed by atoms with van der Waals surface area (Å²) in [7, 11) is 1.32. The topological polar surface area (TPSA) is 90.1 Å². The van der Waals surface area contributed by atoms with Crippen molar-refractivity contribution in [2.75, 3.05) is 19.0 Å². The number of nitrogens with zero attached hydrogens (tertiary/aromatic N) is 2. The van der Waals surface area contributed by atoms with Gasteiger partial charge in [0.2, 0.25) is 5.82 Å². The molecule has 6 nitrogen and oxygen atoms in total. The lowest BCUT2D eigenvalue weighted by Crippen LogP contribution is -2.37. The van der Waals surface area contributed by atoms with E-state index in [0.717, 1.165) is 0 Å². The molecule has 6 heteroatoms. The Labute approximate surface area is 119 Å². The van der Waals surface area contributed by atoms with Crippen LogP contribution < -0.4 is 11.1 Å². The number of esters is 1. The van der Waals surface area contributed by atoms with E-state index in [1.54, 1.807) is 12.3 Å². The van der Waals surface area contributed by atoms with Crippen LogP contribution in [0.3, 0.4) is 0 Å². The van der Waals surface area contributed by atoms with Crippen LogP contribution in [0.25, 0.3) is 0 Å². The van der Waals surface area contributed by atoms with Crippen LogP contribution in [-0.4, -0.2) is 35.6 Å². The maximum absolute atomic E-state index is 11.4. The van der Waals surface area contributed by atoms with E-state index in [-0.39, 0.29) is 11.9 Å². The van der Waals surface area contributed by atoms with Crippen molar-refractivity contribution in [3.63, 3.8) is 0 Å². The van der Waals surface area contributed by atoms with E-state index < -0.39 is 5.97 Å². The molecule has 0 aromatic carbocycles. The zero-order valence-corrected chi connectivity index (χ0v) is 11.8. The van der Waals surface area contributed by atoms with Crippen molar-refractivity contribution in [2.24, 2.45) is 11.7 Å². The third kappa shape index (κ3) is 3.66. The van der Waals surface area contributed by atoms with Gasteiger partial charge in [-0.2, -0.15) is 0 Å². The maximum Gasteiger partial charge on any atom is 0.376 e. The predicted octanol–water partition coefficient (Wildman–Crippen LogP) is 1.58. The van der Waals surface area contributed by atoms with Gasteiger partial charge in [-0.1, -0.05) is 19.3 Å². The van der Waals surface area contributed by atoms with Gasteiger partial charge in [-0.25, -0.2) is 14.8 Å². The van der Waals surface area contributed by atoms with Gasteiger partial charge in [-0.05, 0) is 24.8 Å². The Hall–Kier alpha value is -1.69. The van der Waals surface area contributed by atoms with Crippen molar-refractivity contribution in [3.05, 3.63) is 18.1 Å². The van der Waals surface area contributed by atoms with Crippen LogP contribution in [0.4, 0.5) is 5.82 Å². The third-order valence-electron chi connectivity index (χ3n) is 3.83. The Morgan fingerprint density at radius 1 is 1.50 bits per heavy atom. The summed E-state index contributed by atoms with van der Waals surface area (Å²) in [5.41, 5.74) is 5.88. The Morgan fingerprint density at radius 2 is 2.25 bits per heavy atom. The third-order valence-corrected chi connectivity index (χ3v) is 3.83. The summed E-state index contributed by atoms with van der Waals surface area (Å²) >= 11 is 0. The summed E-state index contributed by atoms with van der Waals surface area (Å²) in [5, 5.41) is 3.33. The Kier molecular flexibility index (Phi) is 5.29. The van der Waals surface area contributed by atoms with Crippen LogP contribution in [0.15, 0.2) is 12.3 Å². The molecule has 0 bridgehead atoms. The van der Waals surface area contributed by atoms with Crippen molar-refractivity contribution in [2.45, 2.75) is 38.1 Å². The van der Waals surface area contributed by atoms with Crippen LogP contribution in [0.1, 0.15) is 42.7 Å². The summed E-state index contributed by atoms with van der Waals surface area (Å²) in [6.45, 7) is 0.558. The van der Waals surface area contributed by atoms with Gasteiger partial charge in [-0.15, -0.1) is 0 Å². The molecule has 0 radical (unpaired) electrons. The van der Waals surface area contributed by atoms with Crippen molar-refractivity contribution >= 4 is 11.8 Å². The summed E-state index contributed by atoms with van der Waals surface area (Å²) in [4.78, 5) is 19.5. The molecular formula is C14H22N4O2. The molecule has 1 aromatic rings. The number of carbonyl (C=O) groups is 1. The molecule has 1 aliphatic rings. The van der Waals surface area contributed by atoms with Crippen LogP contribution in [-0.2, 0) is 4.74 Å². The highest BCUT2D eigenvalue weighted by molar-refractivity contribution is 5.85. The molecule has 110 valence electrons. The fraction of sp³-hybridized carbons (Fsp3) is 0.643. The zero-order valence-electron chi connectivity index (χ0n) is 11.8. The molecule has 2 rings (SSSR count). The van der Waals surface area contributed by atoms with Crippen molar-refractivity contribution in [1.82, 2.24) is 9.97 Å². The number of hydrogen-bond donors (Lipinski definition) is 2. The van der Waals surface area contributed by atoms with Gasteiger partial charge in [0.1, 0.15) is 5.82 Å². The SMILES string of the molecule is COC(=O)c1nccc(NC(CN)C2CCCCC2)n1. The van der Waals surface area contributed by atoms with E-state index >= 15 is 0 Å². The first kappa shape index (κ1) is 14.7. The zero-order chi connectivity index (χ0) is 14.4. The molecule has 1 aliphatic carbocycles. The van der Waals surface area contributed by atoms with Crippen molar-refractivity contribution in [3.8, 4) is 0 Å². The highest BCUT2D eigenvalue weighted by Crippen LogP contribution is 2.27. The number of methoxy groups -OCH3 is 1. The van der Waals surface area contributed by atoms with Gasteiger partial charge < -0.3 is 15.8 Å². The second-order valence-electron chi connectivity index (χ2n) is 5.14. The number of ether oxygens (including phenoxy) is 1. The van der Waals surface area contributed by atoms with Crippen molar-refractivity contribution in [1.29, 1.82) is 0 Å². The number of hydrogen-bond acceptors (Lipinski definition) is 6. The Bertz CT molecular complexity index is 447. The van der Waals surface area contributed by atoms with E-state index in [2.05, 4.69) is 20.0 Å². The first-order valence-corrected chi connectivity index (χ1v) is 7.12. The average molecular weight is 278 g/mol. The minimum atomic E-state index is -0.532. The molecular weight excluding hydrogens is 256 g/mol. The number of anilines is 1.